The summed E-state index contributed by atoms with van der Waals surface area (Å²) in [5, 5.41) is 6.19. The highest BCUT2D eigenvalue weighted by Gasteiger charge is 2.15. The summed E-state index contributed by atoms with van der Waals surface area (Å²) in [5.41, 5.74) is 0.888. The summed E-state index contributed by atoms with van der Waals surface area (Å²) in [5.74, 6) is 0.788. The summed E-state index contributed by atoms with van der Waals surface area (Å²) in [4.78, 5) is 1.24. The van der Waals surface area contributed by atoms with Crippen LogP contribution in [0, 0.1) is 0 Å². The smallest absolute Gasteiger partial charge is 0.156 e. The lowest BCUT2D eigenvalue weighted by Gasteiger charge is -2.19. The van der Waals surface area contributed by atoms with Gasteiger partial charge in [0, 0.05) is 14.4 Å². The molecule has 2 nitrogen and oxygen atoms in total. The van der Waals surface area contributed by atoms with Crippen LogP contribution < -0.4 is 10.1 Å². The van der Waals surface area contributed by atoms with E-state index in [0.717, 1.165) is 20.4 Å². The summed E-state index contributed by atoms with van der Waals surface area (Å²) in [6.07, 6.45) is 0. The van der Waals surface area contributed by atoms with Crippen LogP contribution in [0.2, 0.25) is 5.02 Å². The second-order valence-corrected chi connectivity index (χ2v) is 7.29. The Bertz CT molecular complexity index is 603. The lowest BCUT2D eigenvalue weighted by molar-refractivity contribution is 0.339. The van der Waals surface area contributed by atoms with E-state index in [2.05, 4.69) is 55.5 Å². The molecule has 0 saturated carbocycles. The van der Waals surface area contributed by atoms with Crippen LogP contribution in [0.3, 0.4) is 0 Å². The second-order valence-electron chi connectivity index (χ2n) is 4.20. The van der Waals surface area contributed by atoms with E-state index in [4.69, 9.17) is 16.3 Å². The standard InChI is InChI=1S/C14H14Br2ClNOS/c1-3-19-13-11(16)6-9(17)7-12(13)18-8(2)14-10(15)4-5-20-14/h4-8,18H,3H2,1-2H3. The maximum Gasteiger partial charge on any atom is 0.156 e. The Morgan fingerprint density at radius 3 is 2.70 bits per heavy atom. The molecule has 0 amide bonds. The van der Waals surface area contributed by atoms with E-state index in [1.54, 1.807) is 11.3 Å². The first-order valence-electron chi connectivity index (χ1n) is 6.14. The van der Waals surface area contributed by atoms with Crippen LogP contribution in [0.4, 0.5) is 5.69 Å². The van der Waals surface area contributed by atoms with Crippen molar-refractivity contribution < 1.29 is 4.74 Å². The third-order valence-electron chi connectivity index (χ3n) is 2.71. The highest BCUT2D eigenvalue weighted by atomic mass is 79.9. The fourth-order valence-electron chi connectivity index (χ4n) is 1.87. The van der Waals surface area contributed by atoms with E-state index < -0.39 is 0 Å². The van der Waals surface area contributed by atoms with Gasteiger partial charge >= 0.3 is 0 Å². The largest absolute Gasteiger partial charge is 0.491 e. The van der Waals surface area contributed by atoms with Gasteiger partial charge in [-0.25, -0.2) is 0 Å². The zero-order valence-corrected chi connectivity index (χ0v) is 15.8. The van der Waals surface area contributed by atoms with E-state index in [0.29, 0.717) is 11.6 Å². The number of hydrogen-bond acceptors (Lipinski definition) is 3. The molecule has 1 unspecified atom stereocenters. The van der Waals surface area contributed by atoms with Crippen molar-refractivity contribution >= 4 is 60.5 Å². The SMILES string of the molecule is CCOc1c(Br)cc(Cl)cc1NC(C)c1sccc1Br. The van der Waals surface area contributed by atoms with Crippen molar-refractivity contribution in [3.05, 3.63) is 42.4 Å². The molecule has 0 aliphatic heterocycles. The van der Waals surface area contributed by atoms with Crippen molar-refractivity contribution in [3.63, 3.8) is 0 Å². The molecular weight excluding hydrogens is 425 g/mol. The van der Waals surface area contributed by atoms with E-state index in [9.17, 15) is 0 Å². The van der Waals surface area contributed by atoms with Gasteiger partial charge in [-0.3, -0.25) is 0 Å². The predicted octanol–water partition coefficient (Wildman–Crippen LogP) is 6.50. The highest BCUT2D eigenvalue weighted by Crippen LogP contribution is 2.39. The van der Waals surface area contributed by atoms with Crippen LogP contribution in [0.1, 0.15) is 24.8 Å². The van der Waals surface area contributed by atoms with Crippen LogP contribution in [0.25, 0.3) is 0 Å². The van der Waals surface area contributed by atoms with Crippen molar-refractivity contribution in [2.24, 2.45) is 0 Å². The fourth-order valence-corrected chi connectivity index (χ4v) is 4.52. The topological polar surface area (TPSA) is 21.3 Å². The molecule has 0 aliphatic rings. The Hall–Kier alpha value is -0.230. The van der Waals surface area contributed by atoms with Gasteiger partial charge in [0.2, 0.25) is 0 Å². The normalized spacial score (nSPS) is 12.2. The minimum atomic E-state index is 0.161. The molecule has 20 heavy (non-hydrogen) atoms. The number of benzene rings is 1. The Labute approximate surface area is 144 Å². The third kappa shape index (κ3) is 3.70. The van der Waals surface area contributed by atoms with Gasteiger partial charge in [0.05, 0.1) is 22.8 Å². The Balaban J connectivity index is 2.30. The molecule has 0 aliphatic carbocycles. The fraction of sp³-hybridized carbons (Fsp3) is 0.286. The molecular formula is C14H14Br2ClNOS. The van der Waals surface area contributed by atoms with Gasteiger partial charge in [0.15, 0.2) is 5.75 Å². The Kier molecular flexibility index (Phi) is 5.78. The molecule has 1 N–H and O–H groups in total. The summed E-state index contributed by atoms with van der Waals surface area (Å²) in [6, 6.07) is 5.93. The van der Waals surface area contributed by atoms with Gasteiger partial charge in [0.1, 0.15) is 0 Å². The van der Waals surface area contributed by atoms with Crippen molar-refractivity contribution in [1.82, 2.24) is 0 Å². The molecule has 1 atom stereocenters. The van der Waals surface area contributed by atoms with Crippen molar-refractivity contribution in [2.45, 2.75) is 19.9 Å². The maximum atomic E-state index is 6.13. The summed E-state index contributed by atoms with van der Waals surface area (Å²) in [6.45, 7) is 4.68. The molecule has 0 bridgehead atoms. The summed E-state index contributed by atoms with van der Waals surface area (Å²) >= 11 is 14.9. The van der Waals surface area contributed by atoms with E-state index in [-0.39, 0.29) is 6.04 Å². The van der Waals surface area contributed by atoms with Crippen LogP contribution in [0.15, 0.2) is 32.5 Å². The Morgan fingerprint density at radius 1 is 1.35 bits per heavy atom. The number of thiophene rings is 1. The average molecular weight is 440 g/mol. The van der Waals surface area contributed by atoms with Crippen molar-refractivity contribution in [1.29, 1.82) is 0 Å². The number of ether oxygens (including phenoxy) is 1. The molecule has 0 radical (unpaired) electrons. The van der Waals surface area contributed by atoms with E-state index in [1.165, 1.54) is 4.88 Å². The average Bonchev–Trinajstić information content (AvgIpc) is 2.80. The summed E-state index contributed by atoms with van der Waals surface area (Å²) in [7, 11) is 0. The van der Waals surface area contributed by atoms with Gasteiger partial charge in [-0.05, 0) is 69.3 Å². The summed E-state index contributed by atoms with van der Waals surface area (Å²) < 4.78 is 7.66. The van der Waals surface area contributed by atoms with Crippen molar-refractivity contribution in [3.8, 4) is 5.75 Å². The van der Waals surface area contributed by atoms with Crippen molar-refractivity contribution in [2.75, 3.05) is 11.9 Å². The Morgan fingerprint density at radius 2 is 2.10 bits per heavy atom. The molecule has 1 aromatic heterocycles. The van der Waals surface area contributed by atoms with Crippen LogP contribution >= 0.6 is 54.8 Å². The molecule has 6 heteroatoms. The lowest BCUT2D eigenvalue weighted by Crippen LogP contribution is -2.08. The second kappa shape index (κ2) is 7.16. The zero-order valence-electron chi connectivity index (χ0n) is 11.0. The number of nitrogens with one attached hydrogen (secondary N) is 1. The molecule has 1 aromatic carbocycles. The number of hydrogen-bond donors (Lipinski definition) is 1. The van der Waals surface area contributed by atoms with Gasteiger partial charge < -0.3 is 10.1 Å². The molecule has 2 aromatic rings. The predicted molar refractivity (Wildman–Crippen MR) is 94.4 cm³/mol. The van der Waals surface area contributed by atoms with Crippen LogP contribution in [-0.4, -0.2) is 6.61 Å². The van der Waals surface area contributed by atoms with Gasteiger partial charge in [-0.2, -0.15) is 0 Å². The number of halogens is 3. The monoisotopic (exact) mass is 437 g/mol. The molecule has 2 rings (SSSR count). The molecule has 1 heterocycles. The first-order chi connectivity index (χ1) is 9.52. The maximum absolute atomic E-state index is 6.13. The van der Waals surface area contributed by atoms with E-state index >= 15 is 0 Å². The first kappa shape index (κ1) is 16.1. The molecule has 0 spiro atoms. The number of rotatable bonds is 5. The van der Waals surface area contributed by atoms with Gasteiger partial charge in [0.25, 0.3) is 0 Å². The first-order valence-corrected chi connectivity index (χ1v) is 8.98. The molecule has 108 valence electrons. The number of anilines is 1. The van der Waals surface area contributed by atoms with Gasteiger partial charge in [-0.1, -0.05) is 11.6 Å². The van der Waals surface area contributed by atoms with Crippen LogP contribution in [-0.2, 0) is 0 Å². The van der Waals surface area contributed by atoms with Crippen LogP contribution in [0.5, 0.6) is 5.75 Å². The highest BCUT2D eigenvalue weighted by molar-refractivity contribution is 9.10. The minimum Gasteiger partial charge on any atom is -0.491 e. The van der Waals surface area contributed by atoms with E-state index in [1.807, 2.05) is 19.1 Å². The third-order valence-corrected chi connectivity index (χ3v) is 5.57. The lowest BCUT2D eigenvalue weighted by atomic mass is 10.2. The van der Waals surface area contributed by atoms with Gasteiger partial charge in [-0.15, -0.1) is 11.3 Å². The molecule has 0 fully saturated rings. The quantitative estimate of drug-likeness (QED) is 0.574. The molecule has 0 saturated heterocycles. The minimum absolute atomic E-state index is 0.161. The zero-order chi connectivity index (χ0) is 14.7.